The maximum Gasteiger partial charge on any atom is 0.302 e. The van der Waals surface area contributed by atoms with E-state index in [1.165, 1.54) is 6.92 Å². The number of rotatable bonds is 6. The van der Waals surface area contributed by atoms with Crippen molar-refractivity contribution in [3.8, 4) is 0 Å². The number of carbonyl (C=O) groups is 1. The van der Waals surface area contributed by atoms with Gasteiger partial charge in [0.25, 0.3) is 0 Å². The van der Waals surface area contributed by atoms with Gasteiger partial charge in [-0.05, 0) is 5.56 Å². The van der Waals surface area contributed by atoms with Crippen LogP contribution in [0.3, 0.4) is 0 Å². The monoisotopic (exact) mass is 280 g/mol. The maximum absolute atomic E-state index is 10.8. The third-order valence-electron chi connectivity index (χ3n) is 2.88. The van der Waals surface area contributed by atoms with Crippen LogP contribution in [0.5, 0.6) is 0 Å². The van der Waals surface area contributed by atoms with Gasteiger partial charge in [-0.1, -0.05) is 30.3 Å². The van der Waals surface area contributed by atoms with Gasteiger partial charge in [0, 0.05) is 6.92 Å². The summed E-state index contributed by atoms with van der Waals surface area (Å²) in [6.07, 6.45) is -0.328. The van der Waals surface area contributed by atoms with Crippen LogP contribution in [0.2, 0.25) is 0 Å². The summed E-state index contributed by atoms with van der Waals surface area (Å²) >= 11 is 0. The highest BCUT2D eigenvalue weighted by molar-refractivity contribution is 5.65. The molecule has 110 valence electrons. The van der Waals surface area contributed by atoms with Gasteiger partial charge in [0.2, 0.25) is 0 Å². The Kier molecular flexibility index (Phi) is 5.98. The third kappa shape index (κ3) is 5.28. The molecule has 1 aromatic rings. The second-order valence-electron chi connectivity index (χ2n) is 4.72. The zero-order valence-corrected chi connectivity index (χ0v) is 11.6. The first kappa shape index (κ1) is 15.0. The van der Waals surface area contributed by atoms with Crippen molar-refractivity contribution in [3.63, 3.8) is 0 Å². The molecule has 1 fully saturated rings. The molecule has 5 heteroatoms. The molecule has 20 heavy (non-hydrogen) atoms. The third-order valence-corrected chi connectivity index (χ3v) is 2.88. The van der Waals surface area contributed by atoms with Crippen molar-refractivity contribution < 1.29 is 23.7 Å². The molecule has 0 saturated carbocycles. The van der Waals surface area contributed by atoms with E-state index in [9.17, 15) is 4.79 Å². The van der Waals surface area contributed by atoms with Crippen molar-refractivity contribution in [1.29, 1.82) is 0 Å². The number of ether oxygens (including phenoxy) is 4. The minimum absolute atomic E-state index is 0.118. The molecular formula is C15H20O5. The number of benzene rings is 1. The largest absolute Gasteiger partial charge is 0.463 e. The molecule has 0 aliphatic carbocycles. The molecule has 1 aliphatic rings. The molecule has 0 bridgehead atoms. The van der Waals surface area contributed by atoms with E-state index in [0.29, 0.717) is 26.4 Å². The zero-order chi connectivity index (χ0) is 14.2. The molecule has 1 heterocycles. The van der Waals surface area contributed by atoms with Gasteiger partial charge in [-0.2, -0.15) is 0 Å². The fourth-order valence-electron chi connectivity index (χ4n) is 1.95. The minimum Gasteiger partial charge on any atom is -0.463 e. The van der Waals surface area contributed by atoms with Crippen LogP contribution in [0.25, 0.3) is 0 Å². The molecule has 2 atom stereocenters. The van der Waals surface area contributed by atoms with Crippen LogP contribution in [0.1, 0.15) is 12.5 Å². The number of hydrogen-bond donors (Lipinski definition) is 0. The summed E-state index contributed by atoms with van der Waals surface area (Å²) in [7, 11) is 0. The lowest BCUT2D eigenvalue weighted by atomic mass is 10.2. The topological polar surface area (TPSA) is 54.0 Å². The Morgan fingerprint density at radius 3 is 2.60 bits per heavy atom. The predicted molar refractivity (Wildman–Crippen MR) is 72.2 cm³/mol. The first-order valence-corrected chi connectivity index (χ1v) is 6.72. The van der Waals surface area contributed by atoms with Gasteiger partial charge >= 0.3 is 5.97 Å². The Balaban J connectivity index is 1.66. The highest BCUT2D eigenvalue weighted by Gasteiger charge is 2.24. The summed E-state index contributed by atoms with van der Waals surface area (Å²) in [5.74, 6) is -0.309. The van der Waals surface area contributed by atoms with E-state index in [1.807, 2.05) is 30.3 Å². The van der Waals surface area contributed by atoms with Crippen LogP contribution in [-0.4, -0.2) is 44.6 Å². The van der Waals surface area contributed by atoms with Crippen LogP contribution in [0, 0.1) is 0 Å². The maximum atomic E-state index is 10.8. The summed E-state index contributed by atoms with van der Waals surface area (Å²) < 4.78 is 21.7. The second kappa shape index (κ2) is 7.99. The van der Waals surface area contributed by atoms with E-state index >= 15 is 0 Å². The molecule has 1 aliphatic heterocycles. The Bertz CT molecular complexity index is 406. The van der Waals surface area contributed by atoms with Crippen molar-refractivity contribution in [1.82, 2.24) is 0 Å². The molecule has 1 aromatic carbocycles. The molecule has 0 amide bonds. The van der Waals surface area contributed by atoms with Crippen molar-refractivity contribution in [2.45, 2.75) is 25.7 Å². The highest BCUT2D eigenvalue weighted by Crippen LogP contribution is 2.10. The van der Waals surface area contributed by atoms with Gasteiger partial charge in [-0.15, -0.1) is 0 Å². The molecule has 0 unspecified atom stereocenters. The van der Waals surface area contributed by atoms with E-state index in [0.717, 1.165) is 5.56 Å². The van der Waals surface area contributed by atoms with Crippen LogP contribution in [-0.2, 0) is 30.3 Å². The minimum atomic E-state index is -0.309. The lowest BCUT2D eigenvalue weighted by molar-refractivity contribution is -0.179. The first-order valence-electron chi connectivity index (χ1n) is 6.72. The molecule has 0 N–H and O–H groups in total. The smallest absolute Gasteiger partial charge is 0.302 e. The number of carbonyl (C=O) groups excluding carboxylic acids is 1. The lowest BCUT2D eigenvalue weighted by Crippen LogP contribution is -2.41. The van der Waals surface area contributed by atoms with Gasteiger partial charge < -0.3 is 18.9 Å². The lowest BCUT2D eigenvalue weighted by Gasteiger charge is -2.29. The molecular weight excluding hydrogens is 260 g/mol. The standard InChI is InChI=1S/C15H20O5/c1-12(16)19-11-15-10-18-9-14(20-15)8-17-7-13-5-3-2-4-6-13/h2-6,14-15H,7-11H2,1H3/t14-,15-/m0/s1. The molecule has 0 radical (unpaired) electrons. The van der Waals surface area contributed by atoms with E-state index < -0.39 is 0 Å². The van der Waals surface area contributed by atoms with Crippen LogP contribution >= 0.6 is 0 Å². The normalized spacial score (nSPS) is 22.4. The summed E-state index contributed by atoms with van der Waals surface area (Å²) in [5, 5.41) is 0. The quantitative estimate of drug-likeness (QED) is 0.740. The van der Waals surface area contributed by atoms with Crippen LogP contribution in [0.15, 0.2) is 30.3 Å². The summed E-state index contributed by atoms with van der Waals surface area (Å²) in [6.45, 7) is 3.57. The molecule has 5 nitrogen and oxygen atoms in total. The van der Waals surface area contributed by atoms with Crippen LogP contribution in [0.4, 0.5) is 0 Å². The average Bonchev–Trinajstić information content (AvgIpc) is 2.47. The van der Waals surface area contributed by atoms with E-state index in [-0.39, 0.29) is 24.8 Å². The van der Waals surface area contributed by atoms with Gasteiger partial charge in [0.05, 0.1) is 26.4 Å². The first-order chi connectivity index (χ1) is 9.74. The van der Waals surface area contributed by atoms with Crippen molar-refractivity contribution in [2.24, 2.45) is 0 Å². The van der Waals surface area contributed by atoms with Crippen molar-refractivity contribution >= 4 is 5.97 Å². The molecule has 2 rings (SSSR count). The number of hydrogen-bond acceptors (Lipinski definition) is 5. The SMILES string of the molecule is CC(=O)OC[C@@H]1COC[C@H](COCc2ccccc2)O1. The fraction of sp³-hybridized carbons (Fsp3) is 0.533. The summed E-state index contributed by atoms with van der Waals surface area (Å²) in [4.78, 5) is 10.8. The average molecular weight is 280 g/mol. The highest BCUT2D eigenvalue weighted by atomic mass is 16.6. The Hall–Kier alpha value is -1.43. The Morgan fingerprint density at radius 1 is 1.20 bits per heavy atom. The fourth-order valence-corrected chi connectivity index (χ4v) is 1.95. The van der Waals surface area contributed by atoms with E-state index in [2.05, 4.69) is 0 Å². The Morgan fingerprint density at radius 2 is 1.90 bits per heavy atom. The van der Waals surface area contributed by atoms with Gasteiger partial charge in [0.1, 0.15) is 18.8 Å². The van der Waals surface area contributed by atoms with E-state index in [4.69, 9.17) is 18.9 Å². The Labute approximate surface area is 118 Å². The zero-order valence-electron chi connectivity index (χ0n) is 11.6. The summed E-state index contributed by atoms with van der Waals surface area (Å²) in [5.41, 5.74) is 1.13. The predicted octanol–water partition coefficient (Wildman–Crippen LogP) is 1.55. The van der Waals surface area contributed by atoms with Gasteiger partial charge in [-0.3, -0.25) is 4.79 Å². The molecule has 0 spiro atoms. The van der Waals surface area contributed by atoms with Crippen molar-refractivity contribution in [2.75, 3.05) is 26.4 Å². The molecule has 1 saturated heterocycles. The van der Waals surface area contributed by atoms with Crippen LogP contribution < -0.4 is 0 Å². The van der Waals surface area contributed by atoms with E-state index in [1.54, 1.807) is 0 Å². The van der Waals surface area contributed by atoms with Gasteiger partial charge in [-0.25, -0.2) is 0 Å². The number of esters is 1. The van der Waals surface area contributed by atoms with Gasteiger partial charge in [0.15, 0.2) is 0 Å². The molecule has 0 aromatic heterocycles. The van der Waals surface area contributed by atoms with Crippen molar-refractivity contribution in [3.05, 3.63) is 35.9 Å². The summed E-state index contributed by atoms with van der Waals surface area (Å²) in [6, 6.07) is 9.97. The second-order valence-corrected chi connectivity index (χ2v) is 4.72.